The van der Waals surface area contributed by atoms with Crippen LogP contribution in [0.1, 0.15) is 32.6 Å². The van der Waals surface area contributed by atoms with Crippen LogP contribution in [0.5, 0.6) is 0 Å². The van der Waals surface area contributed by atoms with Gasteiger partial charge in [-0.25, -0.2) is 4.98 Å². The van der Waals surface area contributed by atoms with Crippen molar-refractivity contribution in [2.24, 2.45) is 5.73 Å². The van der Waals surface area contributed by atoms with E-state index < -0.39 is 0 Å². The summed E-state index contributed by atoms with van der Waals surface area (Å²) < 4.78 is 5.36. The van der Waals surface area contributed by atoms with Crippen molar-refractivity contribution in [2.75, 3.05) is 13.6 Å². The number of carbonyl (C=O) groups excluding carboxylic acids is 1. The molecule has 0 aliphatic heterocycles. The maximum atomic E-state index is 12.3. The van der Waals surface area contributed by atoms with Crippen LogP contribution < -0.4 is 5.73 Å². The molecule has 0 aliphatic rings. The monoisotopic (exact) mass is 303 g/mol. The van der Waals surface area contributed by atoms with E-state index in [1.807, 2.05) is 11.4 Å². The average Bonchev–Trinajstić information content (AvgIpc) is 3.02. The van der Waals surface area contributed by atoms with Crippen LogP contribution in [0, 0.1) is 25.7 Å². The van der Waals surface area contributed by atoms with Gasteiger partial charge < -0.3 is 15.1 Å². The lowest BCUT2D eigenvalue weighted by atomic mass is 10.3. The topological polar surface area (TPSA) is 72.4 Å². The second kappa shape index (κ2) is 6.57. The minimum Gasteiger partial charge on any atom is -0.436 e. The fourth-order valence-corrected chi connectivity index (χ4v) is 2.76. The molecule has 5 nitrogen and oxygen atoms in total. The van der Waals surface area contributed by atoms with Crippen molar-refractivity contribution in [2.45, 2.75) is 20.4 Å². The molecule has 0 atom stereocenters. The summed E-state index contributed by atoms with van der Waals surface area (Å²) in [5.41, 5.74) is 6.88. The van der Waals surface area contributed by atoms with E-state index >= 15 is 0 Å². The molecule has 2 N–H and O–H groups in total. The molecular formula is C15H17N3O2S. The summed E-state index contributed by atoms with van der Waals surface area (Å²) in [6.07, 6.45) is 0. The van der Waals surface area contributed by atoms with Gasteiger partial charge in [0.2, 0.25) is 5.76 Å². The Balaban J connectivity index is 2.07. The summed E-state index contributed by atoms with van der Waals surface area (Å²) in [6, 6.07) is 1.97. The zero-order valence-corrected chi connectivity index (χ0v) is 13.1. The van der Waals surface area contributed by atoms with E-state index in [1.165, 1.54) is 0 Å². The van der Waals surface area contributed by atoms with Crippen LogP contribution in [0.15, 0.2) is 15.9 Å². The van der Waals surface area contributed by atoms with Gasteiger partial charge in [-0.1, -0.05) is 11.8 Å². The van der Waals surface area contributed by atoms with Gasteiger partial charge in [0.25, 0.3) is 5.91 Å². The molecule has 0 aromatic carbocycles. The quantitative estimate of drug-likeness (QED) is 0.880. The molecule has 6 heteroatoms. The molecule has 0 saturated heterocycles. The number of rotatable bonds is 3. The minimum atomic E-state index is -0.170. The summed E-state index contributed by atoms with van der Waals surface area (Å²) in [5, 5.41) is 1.96. The molecule has 0 unspecified atom stereocenters. The Bertz CT molecular complexity index is 706. The zero-order valence-electron chi connectivity index (χ0n) is 12.3. The van der Waals surface area contributed by atoms with Gasteiger partial charge in [0.1, 0.15) is 0 Å². The van der Waals surface area contributed by atoms with Crippen LogP contribution in [0.25, 0.3) is 0 Å². The molecule has 0 bridgehead atoms. The highest BCUT2D eigenvalue weighted by Crippen LogP contribution is 2.18. The number of aromatic nitrogens is 1. The van der Waals surface area contributed by atoms with Crippen LogP contribution in [-0.4, -0.2) is 29.4 Å². The van der Waals surface area contributed by atoms with Crippen LogP contribution in [0.2, 0.25) is 0 Å². The van der Waals surface area contributed by atoms with E-state index in [2.05, 4.69) is 16.8 Å². The van der Waals surface area contributed by atoms with Crippen molar-refractivity contribution >= 4 is 17.2 Å². The van der Waals surface area contributed by atoms with Gasteiger partial charge in [0.05, 0.1) is 18.8 Å². The molecule has 110 valence electrons. The first-order valence-corrected chi connectivity index (χ1v) is 7.35. The first kappa shape index (κ1) is 15.3. The molecule has 21 heavy (non-hydrogen) atoms. The van der Waals surface area contributed by atoms with Gasteiger partial charge in [-0.05, 0) is 13.0 Å². The Hall–Kier alpha value is -2.10. The summed E-state index contributed by atoms with van der Waals surface area (Å²) in [4.78, 5) is 19.1. The van der Waals surface area contributed by atoms with Crippen LogP contribution in [0.4, 0.5) is 0 Å². The number of thiophene rings is 1. The predicted octanol–water partition coefficient (Wildman–Crippen LogP) is 1.94. The maximum absolute atomic E-state index is 12.3. The Morgan fingerprint density at radius 3 is 2.90 bits per heavy atom. The summed E-state index contributed by atoms with van der Waals surface area (Å²) in [7, 11) is 1.74. The minimum absolute atomic E-state index is 0.170. The number of hydrogen-bond acceptors (Lipinski definition) is 5. The van der Waals surface area contributed by atoms with E-state index in [0.29, 0.717) is 30.4 Å². The Kier molecular flexibility index (Phi) is 4.78. The van der Waals surface area contributed by atoms with E-state index in [0.717, 1.165) is 10.4 Å². The molecule has 2 heterocycles. The Morgan fingerprint density at radius 2 is 2.29 bits per heavy atom. The molecule has 0 radical (unpaired) electrons. The number of amides is 1. The largest absolute Gasteiger partial charge is 0.436 e. The van der Waals surface area contributed by atoms with Gasteiger partial charge in [0, 0.05) is 29.8 Å². The van der Waals surface area contributed by atoms with Gasteiger partial charge in [-0.3, -0.25) is 4.79 Å². The molecule has 2 aromatic rings. The summed E-state index contributed by atoms with van der Waals surface area (Å²) in [5.74, 6) is 6.42. The van der Waals surface area contributed by atoms with Crippen molar-refractivity contribution in [3.63, 3.8) is 0 Å². The zero-order chi connectivity index (χ0) is 15.4. The SMILES string of the molecule is Cc1nc(C)c(C(=O)N(C)Cc2cc(C#CCN)cs2)o1. The highest BCUT2D eigenvalue weighted by Gasteiger charge is 2.20. The van der Waals surface area contributed by atoms with Crippen molar-refractivity contribution in [3.05, 3.63) is 39.2 Å². The molecule has 2 aromatic heterocycles. The van der Waals surface area contributed by atoms with Crippen LogP contribution in [0.3, 0.4) is 0 Å². The third-order valence-corrected chi connectivity index (χ3v) is 3.75. The second-order valence-corrected chi connectivity index (χ2v) is 5.61. The highest BCUT2D eigenvalue weighted by atomic mass is 32.1. The number of nitrogens with two attached hydrogens (primary N) is 1. The maximum Gasteiger partial charge on any atom is 0.291 e. The Morgan fingerprint density at radius 1 is 1.52 bits per heavy atom. The van der Waals surface area contributed by atoms with Gasteiger partial charge in [0.15, 0.2) is 5.89 Å². The van der Waals surface area contributed by atoms with Crippen LogP contribution in [-0.2, 0) is 6.54 Å². The lowest BCUT2D eigenvalue weighted by molar-refractivity contribution is 0.0752. The first-order valence-electron chi connectivity index (χ1n) is 6.47. The number of oxazole rings is 1. The molecule has 0 fully saturated rings. The van der Waals surface area contributed by atoms with E-state index in [1.54, 1.807) is 37.1 Å². The smallest absolute Gasteiger partial charge is 0.291 e. The molecule has 0 spiro atoms. The molecule has 2 rings (SSSR count). The van der Waals surface area contributed by atoms with Gasteiger partial charge in [-0.15, -0.1) is 11.3 Å². The van der Waals surface area contributed by atoms with Crippen molar-refractivity contribution in [3.8, 4) is 11.8 Å². The third-order valence-electron chi connectivity index (χ3n) is 2.83. The summed E-state index contributed by atoms with van der Waals surface area (Å²) in [6.45, 7) is 4.34. The number of nitrogens with zero attached hydrogens (tertiary/aromatic N) is 2. The van der Waals surface area contributed by atoms with Crippen molar-refractivity contribution in [1.82, 2.24) is 9.88 Å². The van der Waals surface area contributed by atoms with E-state index in [-0.39, 0.29) is 5.91 Å². The van der Waals surface area contributed by atoms with Crippen LogP contribution >= 0.6 is 11.3 Å². The second-order valence-electron chi connectivity index (χ2n) is 4.62. The standard InChI is InChI=1S/C15H17N3O2S/c1-10-14(20-11(2)17-10)15(19)18(3)8-13-7-12(9-21-13)5-4-6-16/h7,9H,6,8,16H2,1-3H3. The lowest BCUT2D eigenvalue weighted by Crippen LogP contribution is -2.26. The van der Waals surface area contributed by atoms with Gasteiger partial charge >= 0.3 is 0 Å². The van der Waals surface area contributed by atoms with Crippen molar-refractivity contribution < 1.29 is 9.21 Å². The fraction of sp³-hybridized carbons (Fsp3) is 0.333. The molecular weight excluding hydrogens is 286 g/mol. The average molecular weight is 303 g/mol. The summed E-state index contributed by atoms with van der Waals surface area (Å²) >= 11 is 1.57. The van der Waals surface area contributed by atoms with E-state index in [9.17, 15) is 4.79 Å². The van der Waals surface area contributed by atoms with Crippen molar-refractivity contribution in [1.29, 1.82) is 0 Å². The third kappa shape index (κ3) is 3.72. The molecule has 1 amide bonds. The molecule has 0 saturated carbocycles. The predicted molar refractivity (Wildman–Crippen MR) is 82.0 cm³/mol. The number of carbonyl (C=O) groups is 1. The number of aryl methyl sites for hydroxylation is 2. The first-order chi connectivity index (χ1) is 10.0. The lowest BCUT2D eigenvalue weighted by Gasteiger charge is -2.14. The van der Waals surface area contributed by atoms with Gasteiger partial charge in [-0.2, -0.15) is 0 Å². The normalized spacial score (nSPS) is 10.1. The number of hydrogen-bond donors (Lipinski definition) is 1. The fourth-order valence-electron chi connectivity index (χ4n) is 1.89. The highest BCUT2D eigenvalue weighted by molar-refractivity contribution is 7.10. The Labute approximate surface area is 127 Å². The molecule has 0 aliphatic carbocycles. The van der Waals surface area contributed by atoms with E-state index in [4.69, 9.17) is 10.2 Å².